The third-order valence-electron chi connectivity index (χ3n) is 2.80. The van der Waals surface area contributed by atoms with E-state index in [2.05, 4.69) is 0 Å². The van der Waals surface area contributed by atoms with Gasteiger partial charge >= 0.3 is 0 Å². The van der Waals surface area contributed by atoms with Crippen LogP contribution in [0.25, 0.3) is 0 Å². The molecule has 0 amide bonds. The molecule has 2 aromatic carbocycles. The Kier molecular flexibility index (Phi) is 3.39. The predicted molar refractivity (Wildman–Crippen MR) is 75.2 cm³/mol. The molecule has 0 radical (unpaired) electrons. The molecule has 0 aliphatic rings. The van der Waals surface area contributed by atoms with Crippen LogP contribution in [-0.4, -0.2) is 5.78 Å². The highest BCUT2D eigenvalue weighted by Gasteiger charge is 2.12. The summed E-state index contributed by atoms with van der Waals surface area (Å²) in [5, 5.41) is 0.575. The van der Waals surface area contributed by atoms with Crippen molar-refractivity contribution in [1.29, 1.82) is 0 Å². The Morgan fingerprint density at radius 1 is 1.11 bits per heavy atom. The minimum Gasteiger partial charge on any atom is -0.399 e. The van der Waals surface area contributed by atoms with Gasteiger partial charge in [-0.2, -0.15) is 0 Å². The lowest BCUT2D eigenvalue weighted by atomic mass is 9.98. The van der Waals surface area contributed by atoms with E-state index < -0.39 is 0 Å². The van der Waals surface area contributed by atoms with Crippen molar-refractivity contribution in [3.63, 3.8) is 0 Å². The average Bonchev–Trinajstić information content (AvgIpc) is 2.26. The number of hydrogen-bond donors (Lipinski definition) is 1. The lowest BCUT2D eigenvalue weighted by molar-refractivity contribution is 0.103. The van der Waals surface area contributed by atoms with Crippen LogP contribution in [0.4, 0.5) is 5.69 Å². The van der Waals surface area contributed by atoms with Crippen molar-refractivity contribution in [3.8, 4) is 0 Å². The van der Waals surface area contributed by atoms with E-state index >= 15 is 0 Å². The summed E-state index contributed by atoms with van der Waals surface area (Å²) in [5.74, 6) is -0.0295. The summed E-state index contributed by atoms with van der Waals surface area (Å²) in [6.45, 7) is 3.79. The van der Waals surface area contributed by atoms with E-state index in [-0.39, 0.29) is 5.78 Å². The maximum absolute atomic E-state index is 12.4. The second-order valence-corrected chi connectivity index (χ2v) is 4.86. The molecule has 0 aromatic heterocycles. The molecule has 3 heteroatoms. The number of nitrogens with two attached hydrogens (primary N) is 1. The number of aryl methyl sites for hydroxylation is 2. The van der Waals surface area contributed by atoms with Crippen LogP contribution in [0.15, 0.2) is 36.4 Å². The minimum absolute atomic E-state index is 0.0295. The molecule has 2 aromatic rings. The first-order valence-electron chi connectivity index (χ1n) is 5.65. The summed E-state index contributed by atoms with van der Waals surface area (Å²) in [7, 11) is 0. The summed E-state index contributed by atoms with van der Waals surface area (Å²) in [6, 6.07) is 10.6. The number of anilines is 1. The fourth-order valence-corrected chi connectivity index (χ4v) is 2.25. The Morgan fingerprint density at radius 2 is 1.83 bits per heavy atom. The van der Waals surface area contributed by atoms with Gasteiger partial charge in [0, 0.05) is 21.8 Å². The van der Waals surface area contributed by atoms with Crippen LogP contribution in [0.1, 0.15) is 27.0 Å². The molecule has 0 atom stereocenters. The number of rotatable bonds is 2. The van der Waals surface area contributed by atoms with Gasteiger partial charge in [0.1, 0.15) is 0 Å². The van der Waals surface area contributed by atoms with Gasteiger partial charge in [0.25, 0.3) is 0 Å². The van der Waals surface area contributed by atoms with E-state index in [0.29, 0.717) is 21.8 Å². The van der Waals surface area contributed by atoms with Gasteiger partial charge in [-0.05, 0) is 61.4 Å². The molecule has 2 N–H and O–H groups in total. The molecule has 0 heterocycles. The number of carbonyl (C=O) groups is 1. The highest BCUT2D eigenvalue weighted by molar-refractivity contribution is 6.31. The van der Waals surface area contributed by atoms with Gasteiger partial charge in [0.15, 0.2) is 5.78 Å². The number of hydrogen-bond acceptors (Lipinski definition) is 2. The quantitative estimate of drug-likeness (QED) is 0.659. The molecule has 0 fully saturated rings. The van der Waals surface area contributed by atoms with Crippen molar-refractivity contribution in [2.24, 2.45) is 0 Å². The lowest BCUT2D eigenvalue weighted by Crippen LogP contribution is -2.04. The van der Waals surface area contributed by atoms with Gasteiger partial charge in [0.2, 0.25) is 0 Å². The second kappa shape index (κ2) is 4.83. The van der Waals surface area contributed by atoms with Crippen molar-refractivity contribution >= 4 is 23.1 Å². The Morgan fingerprint density at radius 3 is 2.44 bits per heavy atom. The van der Waals surface area contributed by atoms with Crippen LogP contribution in [0.3, 0.4) is 0 Å². The molecule has 92 valence electrons. The first-order chi connectivity index (χ1) is 8.47. The predicted octanol–water partition coefficient (Wildman–Crippen LogP) is 3.77. The van der Waals surface area contributed by atoms with E-state index in [4.69, 9.17) is 17.3 Å². The lowest BCUT2D eigenvalue weighted by Gasteiger charge is -2.07. The van der Waals surface area contributed by atoms with Crippen LogP contribution in [0.2, 0.25) is 5.02 Å². The van der Waals surface area contributed by atoms with Crippen LogP contribution in [-0.2, 0) is 0 Å². The highest BCUT2D eigenvalue weighted by atomic mass is 35.5. The average molecular weight is 260 g/mol. The standard InChI is InChI=1S/C15H14ClNO/c1-9-5-11(8-12(16)6-9)15(18)14-4-3-13(17)7-10(14)2/h3-8H,17H2,1-2H3. The topological polar surface area (TPSA) is 43.1 Å². The number of nitrogen functional groups attached to an aromatic ring is 1. The Labute approximate surface area is 111 Å². The molecule has 0 saturated carbocycles. The van der Waals surface area contributed by atoms with Gasteiger partial charge in [0.05, 0.1) is 0 Å². The van der Waals surface area contributed by atoms with E-state index in [1.165, 1.54) is 0 Å². The first kappa shape index (κ1) is 12.7. The van der Waals surface area contributed by atoms with Crippen LogP contribution in [0.5, 0.6) is 0 Å². The molecule has 0 aliphatic carbocycles. The maximum Gasteiger partial charge on any atom is 0.193 e. The maximum atomic E-state index is 12.4. The summed E-state index contributed by atoms with van der Waals surface area (Å²) >= 11 is 5.97. The molecule has 0 saturated heterocycles. The van der Waals surface area contributed by atoms with E-state index in [1.54, 1.807) is 24.3 Å². The van der Waals surface area contributed by atoms with Crippen molar-refractivity contribution < 1.29 is 4.79 Å². The third-order valence-corrected chi connectivity index (χ3v) is 3.02. The van der Waals surface area contributed by atoms with Crippen LogP contribution >= 0.6 is 11.6 Å². The van der Waals surface area contributed by atoms with Gasteiger partial charge in [-0.3, -0.25) is 4.79 Å². The summed E-state index contributed by atoms with van der Waals surface area (Å²) in [6.07, 6.45) is 0. The van der Waals surface area contributed by atoms with E-state index in [1.807, 2.05) is 26.0 Å². The minimum atomic E-state index is -0.0295. The zero-order chi connectivity index (χ0) is 13.3. The molecule has 0 spiro atoms. The summed E-state index contributed by atoms with van der Waals surface area (Å²) in [5.41, 5.74) is 9.45. The zero-order valence-corrected chi connectivity index (χ0v) is 11.1. The van der Waals surface area contributed by atoms with Crippen LogP contribution < -0.4 is 5.73 Å². The van der Waals surface area contributed by atoms with Gasteiger partial charge in [-0.1, -0.05) is 11.6 Å². The molecular formula is C15H14ClNO. The van der Waals surface area contributed by atoms with E-state index in [0.717, 1.165) is 11.1 Å². The van der Waals surface area contributed by atoms with Gasteiger partial charge in [-0.15, -0.1) is 0 Å². The second-order valence-electron chi connectivity index (χ2n) is 4.42. The molecule has 0 bridgehead atoms. The molecule has 2 rings (SSSR count). The highest BCUT2D eigenvalue weighted by Crippen LogP contribution is 2.20. The fraction of sp³-hybridized carbons (Fsp3) is 0.133. The SMILES string of the molecule is Cc1cc(Cl)cc(C(=O)c2ccc(N)cc2C)c1. The van der Waals surface area contributed by atoms with Crippen molar-refractivity contribution in [3.05, 3.63) is 63.7 Å². The molecule has 0 aliphatic heterocycles. The molecular weight excluding hydrogens is 246 g/mol. The number of benzene rings is 2. The van der Waals surface area contributed by atoms with Crippen molar-refractivity contribution in [1.82, 2.24) is 0 Å². The van der Waals surface area contributed by atoms with Crippen molar-refractivity contribution in [2.45, 2.75) is 13.8 Å². The number of carbonyl (C=O) groups excluding carboxylic acids is 1. The smallest absolute Gasteiger partial charge is 0.193 e. The normalized spacial score (nSPS) is 10.4. The largest absolute Gasteiger partial charge is 0.399 e. The molecule has 18 heavy (non-hydrogen) atoms. The fourth-order valence-electron chi connectivity index (χ4n) is 1.96. The monoisotopic (exact) mass is 259 g/mol. The third kappa shape index (κ3) is 2.54. The number of halogens is 1. The molecule has 0 unspecified atom stereocenters. The molecule has 2 nitrogen and oxygen atoms in total. The summed E-state index contributed by atoms with van der Waals surface area (Å²) in [4.78, 5) is 12.4. The van der Waals surface area contributed by atoms with Gasteiger partial charge < -0.3 is 5.73 Å². The number of ketones is 1. The Bertz CT molecular complexity index is 600. The van der Waals surface area contributed by atoms with Crippen LogP contribution in [0, 0.1) is 13.8 Å². The summed E-state index contributed by atoms with van der Waals surface area (Å²) < 4.78 is 0. The van der Waals surface area contributed by atoms with E-state index in [9.17, 15) is 4.79 Å². The first-order valence-corrected chi connectivity index (χ1v) is 6.03. The van der Waals surface area contributed by atoms with Gasteiger partial charge in [-0.25, -0.2) is 0 Å². The Balaban J connectivity index is 2.47. The zero-order valence-electron chi connectivity index (χ0n) is 10.3. The Hall–Kier alpha value is -1.80. The van der Waals surface area contributed by atoms with Crippen molar-refractivity contribution in [2.75, 3.05) is 5.73 Å².